The lowest BCUT2D eigenvalue weighted by atomic mass is 10.0. The molecule has 7 heteroatoms. The normalized spacial score (nSPS) is 17.2. The van der Waals surface area contributed by atoms with Gasteiger partial charge in [-0.2, -0.15) is 0 Å². The first-order valence-electron chi connectivity index (χ1n) is 9.40. The van der Waals surface area contributed by atoms with Crippen LogP contribution in [0.4, 0.5) is 0 Å². The molecule has 29 heavy (non-hydrogen) atoms. The molecule has 2 aromatic carbocycles. The van der Waals surface area contributed by atoms with Crippen LogP contribution in [0.25, 0.3) is 11.3 Å². The van der Waals surface area contributed by atoms with Crippen LogP contribution < -0.4 is 5.73 Å². The maximum absolute atomic E-state index is 11.3. The lowest BCUT2D eigenvalue weighted by Crippen LogP contribution is -2.38. The second kappa shape index (κ2) is 8.69. The first-order valence-corrected chi connectivity index (χ1v) is 9.78. The predicted octanol–water partition coefficient (Wildman–Crippen LogP) is 3.47. The predicted molar refractivity (Wildman–Crippen MR) is 111 cm³/mol. The summed E-state index contributed by atoms with van der Waals surface area (Å²) >= 11 is 6.32. The Morgan fingerprint density at radius 3 is 2.66 bits per heavy atom. The van der Waals surface area contributed by atoms with Crippen molar-refractivity contribution in [3.05, 3.63) is 82.8 Å². The van der Waals surface area contributed by atoms with E-state index in [2.05, 4.69) is 14.9 Å². The molecule has 2 heterocycles. The molecule has 0 bridgehead atoms. The fourth-order valence-electron chi connectivity index (χ4n) is 3.48. The largest absolute Gasteiger partial charge is 0.369 e. The van der Waals surface area contributed by atoms with Crippen LogP contribution in [0.5, 0.6) is 0 Å². The van der Waals surface area contributed by atoms with E-state index in [1.165, 1.54) is 0 Å². The van der Waals surface area contributed by atoms with Crippen molar-refractivity contribution in [3.8, 4) is 11.3 Å². The second-order valence-corrected chi connectivity index (χ2v) is 7.32. The average molecular weight is 409 g/mol. The van der Waals surface area contributed by atoms with Crippen LogP contribution in [0.3, 0.4) is 0 Å². The number of hydrogen-bond donors (Lipinski definition) is 1. The maximum Gasteiger partial charge on any atom is 0.248 e. The maximum atomic E-state index is 11.3. The van der Waals surface area contributed by atoms with E-state index in [1.807, 2.05) is 36.4 Å². The molecule has 0 radical (unpaired) electrons. The molecule has 1 aliphatic rings. The van der Waals surface area contributed by atoms with Crippen LogP contribution in [0.1, 0.15) is 27.7 Å². The van der Waals surface area contributed by atoms with E-state index < -0.39 is 5.91 Å². The highest BCUT2D eigenvalue weighted by Gasteiger charge is 2.26. The molecule has 6 nitrogen and oxygen atoms in total. The van der Waals surface area contributed by atoms with Crippen LogP contribution in [-0.2, 0) is 11.3 Å². The van der Waals surface area contributed by atoms with Crippen molar-refractivity contribution in [3.63, 3.8) is 0 Å². The van der Waals surface area contributed by atoms with Crippen LogP contribution in [0.15, 0.2) is 60.9 Å². The molecule has 1 fully saturated rings. The number of primary amides is 1. The zero-order valence-electron chi connectivity index (χ0n) is 15.8. The molecule has 1 aliphatic heterocycles. The van der Waals surface area contributed by atoms with Crippen molar-refractivity contribution in [2.24, 2.45) is 5.73 Å². The number of ether oxygens (including phenoxy) is 1. The van der Waals surface area contributed by atoms with Crippen molar-refractivity contribution in [2.45, 2.75) is 12.6 Å². The number of amides is 1. The Bertz CT molecular complexity index is 1010. The van der Waals surface area contributed by atoms with E-state index in [4.69, 9.17) is 22.1 Å². The lowest BCUT2D eigenvalue weighted by molar-refractivity contribution is -0.0348. The van der Waals surface area contributed by atoms with Gasteiger partial charge in [-0.05, 0) is 23.8 Å². The Morgan fingerprint density at radius 2 is 1.90 bits per heavy atom. The first-order chi connectivity index (χ1) is 14.1. The molecule has 1 aromatic heterocycles. The van der Waals surface area contributed by atoms with Gasteiger partial charge in [-0.1, -0.05) is 41.9 Å². The molecule has 0 spiro atoms. The van der Waals surface area contributed by atoms with E-state index in [0.717, 1.165) is 40.6 Å². The van der Waals surface area contributed by atoms with E-state index in [-0.39, 0.29) is 6.10 Å². The topological polar surface area (TPSA) is 81.3 Å². The van der Waals surface area contributed by atoms with Crippen LogP contribution in [0, 0.1) is 0 Å². The Kier molecular flexibility index (Phi) is 5.85. The number of carbonyl (C=O) groups is 1. The summed E-state index contributed by atoms with van der Waals surface area (Å²) < 4.78 is 6.04. The summed E-state index contributed by atoms with van der Waals surface area (Å²) in [5, 5.41) is 0.769. The van der Waals surface area contributed by atoms with Gasteiger partial charge < -0.3 is 10.5 Å². The van der Waals surface area contributed by atoms with Crippen molar-refractivity contribution in [1.82, 2.24) is 14.9 Å². The van der Waals surface area contributed by atoms with Gasteiger partial charge in [0.15, 0.2) is 0 Å². The summed E-state index contributed by atoms with van der Waals surface area (Å²) in [4.78, 5) is 22.7. The second-order valence-electron chi connectivity index (χ2n) is 6.92. The minimum absolute atomic E-state index is 0.203. The number of nitrogens with zero attached hydrogens (tertiary/aromatic N) is 3. The molecule has 3 aromatic rings. The fraction of sp³-hybridized carbons (Fsp3) is 0.227. The number of aromatic nitrogens is 2. The van der Waals surface area contributed by atoms with Gasteiger partial charge in [0.25, 0.3) is 0 Å². The number of carbonyl (C=O) groups excluding carboxylic acids is 1. The highest BCUT2D eigenvalue weighted by Crippen LogP contribution is 2.30. The average Bonchev–Trinajstić information content (AvgIpc) is 2.76. The standard InChI is InChI=1S/C22H21ClN4O2/c23-18-4-2-1-3-17(18)13-27-11-12-29-19(14-27)21-20(25-9-10-26-21)15-5-7-16(8-6-15)22(24)28/h1-10,19H,11-14H2,(H2,24,28). The zero-order valence-corrected chi connectivity index (χ0v) is 16.5. The third-order valence-corrected chi connectivity index (χ3v) is 5.35. The van der Waals surface area contributed by atoms with E-state index in [9.17, 15) is 4.79 Å². The molecule has 0 saturated carbocycles. The number of hydrogen-bond acceptors (Lipinski definition) is 5. The third-order valence-electron chi connectivity index (χ3n) is 4.98. The summed E-state index contributed by atoms with van der Waals surface area (Å²) in [7, 11) is 0. The van der Waals surface area contributed by atoms with Crippen molar-refractivity contribution in [1.29, 1.82) is 0 Å². The number of halogens is 1. The first kappa shape index (κ1) is 19.5. The highest BCUT2D eigenvalue weighted by atomic mass is 35.5. The number of nitrogens with two attached hydrogens (primary N) is 1. The van der Waals surface area contributed by atoms with Crippen molar-refractivity contribution >= 4 is 17.5 Å². The lowest BCUT2D eigenvalue weighted by Gasteiger charge is -2.33. The van der Waals surface area contributed by atoms with Crippen LogP contribution >= 0.6 is 11.6 Å². The summed E-state index contributed by atoms with van der Waals surface area (Å²) in [5.74, 6) is -0.457. The van der Waals surface area contributed by atoms with Gasteiger partial charge in [-0.15, -0.1) is 0 Å². The van der Waals surface area contributed by atoms with E-state index >= 15 is 0 Å². The van der Waals surface area contributed by atoms with Crippen molar-refractivity contribution < 1.29 is 9.53 Å². The molecule has 0 aliphatic carbocycles. The monoisotopic (exact) mass is 408 g/mol. The minimum atomic E-state index is -0.457. The highest BCUT2D eigenvalue weighted by molar-refractivity contribution is 6.31. The molecule has 1 unspecified atom stereocenters. The van der Waals surface area contributed by atoms with Gasteiger partial charge in [-0.3, -0.25) is 19.7 Å². The molecule has 1 atom stereocenters. The molecule has 148 valence electrons. The molecule has 1 amide bonds. The number of benzene rings is 2. The molecule has 2 N–H and O–H groups in total. The molecule has 1 saturated heterocycles. The van der Waals surface area contributed by atoms with Crippen LogP contribution in [-0.4, -0.2) is 40.5 Å². The van der Waals surface area contributed by atoms with Crippen LogP contribution in [0.2, 0.25) is 5.02 Å². The summed E-state index contributed by atoms with van der Waals surface area (Å²) in [6, 6.07) is 14.9. The van der Waals surface area contributed by atoms with E-state index in [1.54, 1.807) is 24.5 Å². The Labute approximate surface area is 174 Å². The van der Waals surface area contributed by atoms with Crippen molar-refractivity contribution in [2.75, 3.05) is 19.7 Å². The minimum Gasteiger partial charge on any atom is -0.369 e. The Balaban J connectivity index is 1.57. The molecular formula is C22H21ClN4O2. The summed E-state index contributed by atoms with van der Waals surface area (Å²) in [5.41, 5.74) is 9.28. The number of rotatable bonds is 5. The molecular weight excluding hydrogens is 388 g/mol. The van der Waals surface area contributed by atoms with E-state index in [0.29, 0.717) is 18.7 Å². The summed E-state index contributed by atoms with van der Waals surface area (Å²) in [6.07, 6.45) is 3.13. The fourth-order valence-corrected chi connectivity index (χ4v) is 3.67. The third kappa shape index (κ3) is 4.45. The Hall–Kier alpha value is -2.80. The quantitative estimate of drug-likeness (QED) is 0.699. The summed E-state index contributed by atoms with van der Waals surface area (Å²) in [6.45, 7) is 2.87. The number of morpholine rings is 1. The smallest absolute Gasteiger partial charge is 0.248 e. The van der Waals surface area contributed by atoms with Gasteiger partial charge in [0.2, 0.25) is 5.91 Å². The zero-order chi connectivity index (χ0) is 20.2. The van der Waals surface area contributed by atoms with Gasteiger partial charge in [-0.25, -0.2) is 0 Å². The SMILES string of the molecule is NC(=O)c1ccc(-c2nccnc2C2CN(Cc3ccccc3Cl)CCO2)cc1. The van der Waals surface area contributed by atoms with Gasteiger partial charge in [0, 0.05) is 48.2 Å². The molecule has 4 rings (SSSR count). The van der Waals surface area contributed by atoms with Gasteiger partial charge in [0.1, 0.15) is 6.10 Å². The van der Waals surface area contributed by atoms with Gasteiger partial charge in [0.05, 0.1) is 18.0 Å². The van der Waals surface area contributed by atoms with Gasteiger partial charge >= 0.3 is 0 Å². The Morgan fingerprint density at radius 1 is 1.14 bits per heavy atom.